The molecule has 0 amide bonds. The second-order valence-corrected chi connectivity index (χ2v) is 4.18. The molecule has 2 aromatic carbocycles. The average Bonchev–Trinajstić information content (AvgIpc) is 2.34. The van der Waals surface area contributed by atoms with Crippen LogP contribution in [-0.4, -0.2) is 5.78 Å². The van der Waals surface area contributed by atoms with Crippen molar-refractivity contribution in [3.8, 4) is 0 Å². The number of carbonyl (C=O) groups is 1. The molecule has 0 atom stereocenters. The summed E-state index contributed by atoms with van der Waals surface area (Å²) >= 11 is 5.79. The Morgan fingerprint density at radius 2 is 1.82 bits per heavy atom. The summed E-state index contributed by atoms with van der Waals surface area (Å²) in [4.78, 5) is 12.0. The van der Waals surface area contributed by atoms with Gasteiger partial charge in [0.15, 0.2) is 5.78 Å². The Morgan fingerprint density at radius 1 is 1.18 bits per heavy atom. The van der Waals surface area contributed by atoms with Crippen LogP contribution >= 0.6 is 11.6 Å². The van der Waals surface area contributed by atoms with Crippen LogP contribution in [0, 0.1) is 12.7 Å². The number of ketones is 1. The van der Waals surface area contributed by atoms with Crippen molar-refractivity contribution in [2.45, 2.75) is 6.92 Å². The van der Waals surface area contributed by atoms with E-state index in [0.29, 0.717) is 16.1 Å². The number of rotatable bonds is 2. The van der Waals surface area contributed by atoms with Crippen molar-refractivity contribution in [2.75, 3.05) is 0 Å². The van der Waals surface area contributed by atoms with Crippen LogP contribution < -0.4 is 0 Å². The highest BCUT2D eigenvalue weighted by Gasteiger charge is 2.15. The lowest BCUT2D eigenvalue weighted by Crippen LogP contribution is -2.04. The molecule has 0 aromatic heterocycles. The Labute approximate surface area is 104 Å². The van der Waals surface area contributed by atoms with Crippen molar-refractivity contribution < 1.29 is 9.18 Å². The molecule has 17 heavy (non-hydrogen) atoms. The van der Waals surface area contributed by atoms with Crippen LogP contribution in [0.2, 0.25) is 5.02 Å². The van der Waals surface area contributed by atoms with E-state index in [4.69, 9.17) is 11.6 Å². The molecule has 0 fully saturated rings. The van der Waals surface area contributed by atoms with E-state index >= 15 is 0 Å². The summed E-state index contributed by atoms with van der Waals surface area (Å²) in [6.07, 6.45) is 0. The lowest BCUT2D eigenvalue weighted by molar-refractivity contribution is 0.103. The monoisotopic (exact) mass is 248 g/mol. The number of benzene rings is 2. The van der Waals surface area contributed by atoms with E-state index in [1.807, 2.05) is 0 Å². The first kappa shape index (κ1) is 11.8. The summed E-state index contributed by atoms with van der Waals surface area (Å²) in [7, 11) is 0. The van der Waals surface area contributed by atoms with Crippen molar-refractivity contribution in [1.82, 2.24) is 0 Å². The average molecular weight is 249 g/mol. The molecule has 0 spiro atoms. The summed E-state index contributed by atoms with van der Waals surface area (Å²) in [6.45, 7) is 1.74. The Hall–Kier alpha value is -1.67. The zero-order chi connectivity index (χ0) is 12.4. The number of aryl methyl sites for hydroxylation is 1. The maximum absolute atomic E-state index is 13.7. The molecule has 0 bridgehead atoms. The fraction of sp³-hybridized carbons (Fsp3) is 0.0714. The van der Waals surface area contributed by atoms with Gasteiger partial charge in [-0.1, -0.05) is 41.9 Å². The molecular formula is C14H10ClFO. The van der Waals surface area contributed by atoms with Gasteiger partial charge in [-0.2, -0.15) is 0 Å². The summed E-state index contributed by atoms with van der Waals surface area (Å²) < 4.78 is 13.7. The summed E-state index contributed by atoms with van der Waals surface area (Å²) in [5, 5.41) is 0.326. The molecule has 0 unspecified atom stereocenters. The van der Waals surface area contributed by atoms with E-state index in [2.05, 4.69) is 0 Å². The molecular weight excluding hydrogens is 239 g/mol. The highest BCUT2D eigenvalue weighted by molar-refractivity contribution is 6.31. The van der Waals surface area contributed by atoms with Crippen molar-refractivity contribution >= 4 is 17.4 Å². The maximum Gasteiger partial charge on any atom is 0.195 e. The summed E-state index contributed by atoms with van der Waals surface area (Å²) in [5.41, 5.74) is 1.21. The third-order valence-corrected chi connectivity index (χ3v) is 2.94. The van der Waals surface area contributed by atoms with E-state index < -0.39 is 5.82 Å². The standard InChI is InChI=1S/C14H10ClFO/c1-9-7-11(13(16)8-12(9)15)14(17)10-5-3-2-4-6-10/h2-8H,1H3. The van der Waals surface area contributed by atoms with E-state index in [0.717, 1.165) is 0 Å². The molecule has 86 valence electrons. The minimum Gasteiger partial charge on any atom is -0.288 e. The first-order chi connectivity index (χ1) is 8.09. The first-order valence-electron chi connectivity index (χ1n) is 5.15. The molecule has 3 heteroatoms. The SMILES string of the molecule is Cc1cc(C(=O)c2ccccc2)c(F)cc1Cl. The minimum atomic E-state index is -0.588. The Morgan fingerprint density at radius 3 is 2.47 bits per heavy atom. The van der Waals surface area contributed by atoms with Crippen LogP contribution in [0.5, 0.6) is 0 Å². The van der Waals surface area contributed by atoms with Crippen LogP contribution in [0.15, 0.2) is 42.5 Å². The molecule has 0 radical (unpaired) electrons. The van der Waals surface area contributed by atoms with Gasteiger partial charge in [0.1, 0.15) is 5.82 Å². The predicted octanol–water partition coefficient (Wildman–Crippen LogP) is 4.02. The zero-order valence-electron chi connectivity index (χ0n) is 9.21. The number of carbonyl (C=O) groups excluding carboxylic acids is 1. The second-order valence-electron chi connectivity index (χ2n) is 3.78. The Balaban J connectivity index is 2.48. The van der Waals surface area contributed by atoms with Crippen LogP contribution in [0.3, 0.4) is 0 Å². The molecule has 0 aliphatic carbocycles. The van der Waals surface area contributed by atoms with E-state index in [1.165, 1.54) is 12.1 Å². The van der Waals surface area contributed by atoms with Crippen LogP contribution in [-0.2, 0) is 0 Å². The van der Waals surface area contributed by atoms with Gasteiger partial charge in [-0.15, -0.1) is 0 Å². The number of hydrogen-bond donors (Lipinski definition) is 0. The topological polar surface area (TPSA) is 17.1 Å². The molecule has 0 aliphatic heterocycles. The molecule has 0 N–H and O–H groups in total. The van der Waals surface area contributed by atoms with Gasteiger partial charge in [-0.3, -0.25) is 4.79 Å². The van der Waals surface area contributed by atoms with E-state index in [-0.39, 0.29) is 11.3 Å². The Bertz CT molecular complexity index is 564. The van der Waals surface area contributed by atoms with E-state index in [9.17, 15) is 9.18 Å². The van der Waals surface area contributed by atoms with Crippen molar-refractivity contribution in [3.63, 3.8) is 0 Å². The van der Waals surface area contributed by atoms with Gasteiger partial charge < -0.3 is 0 Å². The van der Waals surface area contributed by atoms with Gasteiger partial charge in [-0.05, 0) is 24.6 Å². The Kier molecular flexibility index (Phi) is 3.25. The molecule has 0 saturated carbocycles. The van der Waals surface area contributed by atoms with Gasteiger partial charge in [0.2, 0.25) is 0 Å². The van der Waals surface area contributed by atoms with Crippen LogP contribution in [0.25, 0.3) is 0 Å². The molecule has 0 aliphatic rings. The normalized spacial score (nSPS) is 10.3. The maximum atomic E-state index is 13.7. The lowest BCUT2D eigenvalue weighted by Gasteiger charge is -2.05. The van der Waals surface area contributed by atoms with Gasteiger partial charge in [-0.25, -0.2) is 4.39 Å². The molecule has 2 aromatic rings. The van der Waals surface area contributed by atoms with Gasteiger partial charge in [0.05, 0.1) is 5.56 Å². The van der Waals surface area contributed by atoms with Gasteiger partial charge >= 0.3 is 0 Å². The fourth-order valence-corrected chi connectivity index (χ4v) is 1.73. The zero-order valence-corrected chi connectivity index (χ0v) is 9.96. The minimum absolute atomic E-state index is 0.0538. The van der Waals surface area contributed by atoms with E-state index in [1.54, 1.807) is 37.3 Å². The lowest BCUT2D eigenvalue weighted by atomic mass is 10.0. The number of halogens is 2. The smallest absolute Gasteiger partial charge is 0.195 e. The highest BCUT2D eigenvalue weighted by atomic mass is 35.5. The summed E-state index contributed by atoms with van der Waals surface area (Å²) in [6, 6.07) is 11.3. The van der Waals surface area contributed by atoms with Crippen LogP contribution in [0.1, 0.15) is 21.5 Å². The molecule has 0 heterocycles. The quantitative estimate of drug-likeness (QED) is 0.734. The first-order valence-corrected chi connectivity index (χ1v) is 5.53. The second kappa shape index (κ2) is 4.68. The highest BCUT2D eigenvalue weighted by Crippen LogP contribution is 2.22. The van der Waals surface area contributed by atoms with Crippen molar-refractivity contribution in [2.24, 2.45) is 0 Å². The van der Waals surface area contributed by atoms with Crippen molar-refractivity contribution in [1.29, 1.82) is 0 Å². The van der Waals surface area contributed by atoms with Crippen LogP contribution in [0.4, 0.5) is 4.39 Å². The van der Waals surface area contributed by atoms with Crippen molar-refractivity contribution in [3.05, 3.63) is 70.0 Å². The third-order valence-electron chi connectivity index (χ3n) is 2.53. The molecule has 1 nitrogen and oxygen atoms in total. The molecule has 2 rings (SSSR count). The van der Waals surface area contributed by atoms with Gasteiger partial charge in [0.25, 0.3) is 0 Å². The largest absolute Gasteiger partial charge is 0.288 e. The summed E-state index contributed by atoms with van der Waals surface area (Å²) in [5.74, 6) is -0.919. The van der Waals surface area contributed by atoms with Gasteiger partial charge in [0, 0.05) is 10.6 Å². The fourth-order valence-electron chi connectivity index (χ4n) is 1.58. The number of hydrogen-bond acceptors (Lipinski definition) is 1. The third kappa shape index (κ3) is 2.37. The predicted molar refractivity (Wildman–Crippen MR) is 66.0 cm³/mol. The molecule has 0 saturated heterocycles.